The smallest absolute Gasteiger partial charge is 0.279 e. The lowest BCUT2D eigenvalue weighted by Crippen LogP contribution is -2.45. The van der Waals surface area contributed by atoms with Gasteiger partial charge in [-0.3, -0.25) is 9.69 Å². The molecule has 6 nitrogen and oxygen atoms in total. The van der Waals surface area contributed by atoms with Gasteiger partial charge in [-0.05, 0) is 49.1 Å². The minimum atomic E-state index is 0.351. The molecular formula is C25H26N4O2S. The van der Waals surface area contributed by atoms with Crippen LogP contribution in [0.3, 0.4) is 0 Å². The van der Waals surface area contributed by atoms with Gasteiger partial charge in [-0.2, -0.15) is 0 Å². The van der Waals surface area contributed by atoms with E-state index in [2.05, 4.69) is 44.2 Å². The largest absolute Gasteiger partial charge is 0.431 e. The fourth-order valence-corrected chi connectivity index (χ4v) is 5.88. The second-order valence-corrected chi connectivity index (χ2v) is 9.76. The minimum absolute atomic E-state index is 0.351. The second-order valence-electron chi connectivity index (χ2n) is 8.77. The number of benzene rings is 2. The molecule has 2 aromatic heterocycles. The number of hydrogen-bond acceptors (Lipinski definition) is 5. The zero-order valence-electron chi connectivity index (χ0n) is 17.9. The maximum Gasteiger partial charge on any atom is 0.279 e. The summed E-state index contributed by atoms with van der Waals surface area (Å²) in [4.78, 5) is 24.6. The van der Waals surface area contributed by atoms with Crippen molar-refractivity contribution in [1.82, 2.24) is 19.8 Å². The zero-order chi connectivity index (χ0) is 21.5. The van der Waals surface area contributed by atoms with Crippen LogP contribution < -0.4 is 4.74 Å². The summed E-state index contributed by atoms with van der Waals surface area (Å²) >= 11 is 1.56. The fourth-order valence-electron chi connectivity index (χ4n) is 5.04. The van der Waals surface area contributed by atoms with Gasteiger partial charge in [0.2, 0.25) is 5.91 Å². The quantitative estimate of drug-likeness (QED) is 0.460. The van der Waals surface area contributed by atoms with Gasteiger partial charge in [-0.25, -0.2) is 4.98 Å². The molecule has 2 saturated heterocycles. The van der Waals surface area contributed by atoms with Crippen LogP contribution in [0.15, 0.2) is 48.7 Å². The number of thiazole rings is 1. The number of aromatic amines is 1. The molecule has 0 unspecified atom stereocenters. The number of piperidine rings is 1. The molecule has 32 heavy (non-hydrogen) atoms. The molecule has 0 radical (unpaired) electrons. The van der Waals surface area contributed by atoms with Gasteiger partial charge >= 0.3 is 0 Å². The maximum atomic E-state index is 12.0. The first-order valence-corrected chi connectivity index (χ1v) is 12.2. The predicted octanol–water partition coefficient (Wildman–Crippen LogP) is 5.16. The molecule has 1 amide bonds. The van der Waals surface area contributed by atoms with Crippen molar-refractivity contribution < 1.29 is 9.53 Å². The van der Waals surface area contributed by atoms with E-state index in [9.17, 15) is 4.79 Å². The fraction of sp³-hybridized carbons (Fsp3) is 0.360. The van der Waals surface area contributed by atoms with E-state index in [0.717, 1.165) is 73.3 Å². The second kappa shape index (κ2) is 8.22. The Hall–Kier alpha value is -2.90. The number of ether oxygens (including phenoxy) is 1. The van der Waals surface area contributed by atoms with Crippen LogP contribution in [0.1, 0.15) is 31.2 Å². The van der Waals surface area contributed by atoms with Crippen molar-refractivity contribution >= 4 is 38.4 Å². The molecule has 2 fully saturated rings. The van der Waals surface area contributed by atoms with Crippen molar-refractivity contribution in [3.8, 4) is 10.9 Å². The number of H-pyrrole nitrogens is 1. The summed E-state index contributed by atoms with van der Waals surface area (Å²) in [5, 5.41) is 1.90. The van der Waals surface area contributed by atoms with Crippen LogP contribution in [-0.2, 0) is 11.3 Å². The van der Waals surface area contributed by atoms with Gasteiger partial charge < -0.3 is 14.6 Å². The molecule has 0 saturated carbocycles. The molecule has 6 rings (SSSR count). The Morgan fingerprint density at radius 3 is 2.81 bits per heavy atom. The molecule has 2 aromatic carbocycles. The van der Waals surface area contributed by atoms with E-state index < -0.39 is 0 Å². The average molecular weight is 447 g/mol. The Labute approximate surface area is 190 Å². The number of para-hydroxylation sites is 1. The van der Waals surface area contributed by atoms with E-state index in [-0.39, 0.29) is 0 Å². The van der Waals surface area contributed by atoms with E-state index in [4.69, 9.17) is 4.74 Å². The Balaban J connectivity index is 1.12. The lowest BCUT2D eigenvalue weighted by molar-refractivity contribution is -0.130. The number of rotatable bonds is 5. The molecule has 0 spiro atoms. The third-order valence-corrected chi connectivity index (χ3v) is 7.63. The molecule has 4 aromatic rings. The summed E-state index contributed by atoms with van der Waals surface area (Å²) < 4.78 is 7.17. The van der Waals surface area contributed by atoms with E-state index >= 15 is 0 Å². The predicted molar refractivity (Wildman–Crippen MR) is 127 cm³/mol. The molecule has 1 N–H and O–H groups in total. The van der Waals surface area contributed by atoms with Gasteiger partial charge in [0.15, 0.2) is 0 Å². The highest BCUT2D eigenvalue weighted by molar-refractivity contribution is 7.20. The van der Waals surface area contributed by atoms with Crippen LogP contribution in [0.25, 0.3) is 21.1 Å². The standard InChI is InChI=1S/C25H26N4O2S/c30-24-6-3-11-29(24)18-9-12-28(13-10-18)16-17-15-26-22-14-19(7-8-20(17)22)31-25-27-21-4-1-2-5-23(21)32-25/h1-2,4-5,7-8,14-15,18,26H,3,6,9-13,16H2. The lowest BCUT2D eigenvalue weighted by Gasteiger charge is -2.36. The van der Waals surface area contributed by atoms with Gasteiger partial charge in [-0.15, -0.1) is 0 Å². The number of aromatic nitrogens is 2. The van der Waals surface area contributed by atoms with Gasteiger partial charge in [-0.1, -0.05) is 23.5 Å². The Morgan fingerprint density at radius 1 is 1.12 bits per heavy atom. The first-order valence-electron chi connectivity index (χ1n) is 11.4. The molecule has 0 bridgehead atoms. The van der Waals surface area contributed by atoms with Gasteiger partial charge in [0, 0.05) is 61.8 Å². The maximum absolute atomic E-state index is 12.0. The zero-order valence-corrected chi connectivity index (χ0v) is 18.7. The number of nitrogens with one attached hydrogen (secondary N) is 1. The summed E-state index contributed by atoms with van der Waals surface area (Å²) in [6, 6.07) is 14.7. The Bertz CT molecular complexity index is 1240. The van der Waals surface area contributed by atoms with E-state index in [1.165, 1.54) is 10.9 Å². The topological polar surface area (TPSA) is 61.5 Å². The molecular weight excluding hydrogens is 420 g/mol. The third kappa shape index (κ3) is 3.76. The molecule has 164 valence electrons. The van der Waals surface area contributed by atoms with Crippen molar-refractivity contribution in [3.05, 3.63) is 54.2 Å². The monoisotopic (exact) mass is 446 g/mol. The van der Waals surface area contributed by atoms with Crippen LogP contribution in [0, 0.1) is 0 Å². The number of carbonyl (C=O) groups is 1. The Kier molecular flexibility index (Phi) is 5.08. The first kappa shape index (κ1) is 19.8. The van der Waals surface area contributed by atoms with Crippen molar-refractivity contribution in [2.24, 2.45) is 0 Å². The number of nitrogens with zero attached hydrogens (tertiary/aromatic N) is 3. The number of carbonyl (C=O) groups excluding carboxylic acids is 1. The summed E-state index contributed by atoms with van der Waals surface area (Å²) in [7, 11) is 0. The van der Waals surface area contributed by atoms with Crippen LogP contribution in [0.4, 0.5) is 0 Å². The first-order chi connectivity index (χ1) is 15.7. The van der Waals surface area contributed by atoms with Crippen LogP contribution in [0.2, 0.25) is 0 Å². The average Bonchev–Trinajstić information content (AvgIpc) is 3.52. The van der Waals surface area contributed by atoms with Gasteiger partial charge in [0.05, 0.1) is 10.2 Å². The minimum Gasteiger partial charge on any atom is -0.431 e. The third-order valence-electron chi connectivity index (χ3n) is 6.72. The number of hydrogen-bond donors (Lipinski definition) is 1. The van der Waals surface area contributed by atoms with E-state index in [1.807, 2.05) is 24.3 Å². The van der Waals surface area contributed by atoms with Crippen molar-refractivity contribution in [2.45, 2.75) is 38.3 Å². The van der Waals surface area contributed by atoms with E-state index in [0.29, 0.717) is 17.1 Å². The number of likely N-dealkylation sites (tertiary alicyclic amines) is 2. The van der Waals surface area contributed by atoms with Gasteiger partial charge in [0.1, 0.15) is 5.75 Å². The lowest BCUT2D eigenvalue weighted by atomic mass is 10.0. The molecule has 7 heteroatoms. The van der Waals surface area contributed by atoms with Crippen molar-refractivity contribution in [1.29, 1.82) is 0 Å². The highest BCUT2D eigenvalue weighted by atomic mass is 32.1. The molecule has 2 aliphatic heterocycles. The molecule has 0 atom stereocenters. The molecule has 4 heterocycles. The Morgan fingerprint density at radius 2 is 2.00 bits per heavy atom. The highest BCUT2D eigenvalue weighted by Crippen LogP contribution is 2.33. The summed E-state index contributed by atoms with van der Waals surface area (Å²) in [5.41, 5.74) is 3.35. The number of amides is 1. The van der Waals surface area contributed by atoms with E-state index in [1.54, 1.807) is 11.3 Å². The van der Waals surface area contributed by atoms with Gasteiger partial charge in [0.25, 0.3) is 5.19 Å². The van der Waals surface area contributed by atoms with Crippen molar-refractivity contribution in [3.63, 3.8) is 0 Å². The van der Waals surface area contributed by atoms with Crippen LogP contribution >= 0.6 is 11.3 Å². The summed E-state index contributed by atoms with van der Waals surface area (Å²) in [6.45, 7) is 3.96. The van der Waals surface area contributed by atoms with Crippen LogP contribution in [-0.4, -0.2) is 51.4 Å². The highest BCUT2D eigenvalue weighted by Gasteiger charge is 2.30. The normalized spacial score (nSPS) is 18.2. The summed E-state index contributed by atoms with van der Waals surface area (Å²) in [6.07, 6.45) is 6.03. The van der Waals surface area contributed by atoms with Crippen molar-refractivity contribution in [2.75, 3.05) is 19.6 Å². The number of fused-ring (bicyclic) bond motifs is 2. The SMILES string of the molecule is O=C1CCCN1C1CCN(Cc2c[nH]c3cc(Oc4nc5ccccc5s4)ccc23)CC1. The van der Waals surface area contributed by atoms with Crippen LogP contribution in [0.5, 0.6) is 10.9 Å². The molecule has 0 aliphatic carbocycles. The summed E-state index contributed by atoms with van der Waals surface area (Å²) in [5.74, 6) is 1.14. The molecule has 2 aliphatic rings.